The quantitative estimate of drug-likeness (QED) is 0.567. The van der Waals surface area contributed by atoms with Gasteiger partial charge in [-0.05, 0) is 50.5 Å². The van der Waals surface area contributed by atoms with Crippen LogP contribution in [0.15, 0.2) is 24.3 Å². The summed E-state index contributed by atoms with van der Waals surface area (Å²) in [6.07, 6.45) is 3.39. The number of rotatable bonds is 5. The molecule has 1 aromatic carbocycles. The van der Waals surface area contributed by atoms with Gasteiger partial charge in [-0.3, -0.25) is 10.1 Å². The molecule has 7 nitrogen and oxygen atoms in total. The van der Waals surface area contributed by atoms with Crippen LogP contribution in [0.4, 0.5) is 5.13 Å². The third kappa shape index (κ3) is 3.52. The average molecular weight is 380 g/mol. The maximum Gasteiger partial charge on any atom is 0.297 e. The van der Waals surface area contributed by atoms with Crippen molar-refractivity contribution in [3.05, 3.63) is 47.0 Å². The number of aryl methyl sites for hydroxylation is 3. The van der Waals surface area contributed by atoms with Gasteiger partial charge < -0.3 is 0 Å². The SMILES string of the molecule is CCCCc1ccc2nc(NC(=O)c3nc4nc(C)cc(C)n4n3)sc2c1. The average Bonchev–Trinajstić information content (AvgIpc) is 3.23. The first-order valence-electron chi connectivity index (χ1n) is 8.95. The van der Waals surface area contributed by atoms with Crippen LogP contribution in [-0.2, 0) is 6.42 Å². The molecule has 0 spiro atoms. The number of hydrogen-bond acceptors (Lipinski definition) is 6. The Kier molecular flexibility index (Phi) is 4.57. The molecule has 3 aromatic heterocycles. The molecule has 0 aliphatic rings. The van der Waals surface area contributed by atoms with E-state index in [1.807, 2.05) is 26.0 Å². The molecule has 8 heteroatoms. The maximum atomic E-state index is 12.6. The van der Waals surface area contributed by atoms with Crippen LogP contribution in [0.2, 0.25) is 0 Å². The van der Waals surface area contributed by atoms with Crippen LogP contribution in [0, 0.1) is 13.8 Å². The zero-order valence-corrected chi connectivity index (χ0v) is 16.3. The third-order valence-corrected chi connectivity index (χ3v) is 5.25. The number of fused-ring (bicyclic) bond motifs is 2. The number of amides is 1. The molecule has 0 unspecified atom stereocenters. The van der Waals surface area contributed by atoms with E-state index in [2.05, 4.69) is 44.4 Å². The highest BCUT2D eigenvalue weighted by Gasteiger charge is 2.17. The van der Waals surface area contributed by atoms with E-state index in [4.69, 9.17) is 0 Å². The van der Waals surface area contributed by atoms with Gasteiger partial charge in [0, 0.05) is 11.4 Å². The highest BCUT2D eigenvalue weighted by Crippen LogP contribution is 2.27. The number of benzene rings is 1. The number of unbranched alkanes of at least 4 members (excludes halogenated alkanes) is 1. The zero-order valence-electron chi connectivity index (χ0n) is 15.5. The summed E-state index contributed by atoms with van der Waals surface area (Å²) in [4.78, 5) is 25.6. The first-order valence-corrected chi connectivity index (χ1v) is 9.77. The fourth-order valence-corrected chi connectivity index (χ4v) is 3.90. The molecule has 1 N–H and O–H groups in total. The Morgan fingerprint density at radius 1 is 1.19 bits per heavy atom. The van der Waals surface area contributed by atoms with Gasteiger partial charge in [0.05, 0.1) is 10.2 Å². The molecule has 0 saturated heterocycles. The van der Waals surface area contributed by atoms with Gasteiger partial charge in [-0.1, -0.05) is 30.7 Å². The fourth-order valence-electron chi connectivity index (χ4n) is 2.97. The van der Waals surface area contributed by atoms with Gasteiger partial charge in [-0.2, -0.15) is 4.98 Å². The fraction of sp³-hybridized carbons (Fsp3) is 0.316. The zero-order chi connectivity index (χ0) is 19.0. The molecule has 138 valence electrons. The highest BCUT2D eigenvalue weighted by molar-refractivity contribution is 7.22. The van der Waals surface area contributed by atoms with Crippen molar-refractivity contribution in [2.24, 2.45) is 0 Å². The normalized spacial score (nSPS) is 11.4. The minimum atomic E-state index is -0.386. The van der Waals surface area contributed by atoms with E-state index in [1.54, 1.807) is 4.52 Å². The van der Waals surface area contributed by atoms with Crippen molar-refractivity contribution in [2.45, 2.75) is 40.0 Å². The number of nitrogens with zero attached hydrogens (tertiary/aromatic N) is 5. The lowest BCUT2D eigenvalue weighted by Crippen LogP contribution is -2.13. The summed E-state index contributed by atoms with van der Waals surface area (Å²) in [6.45, 7) is 5.98. The Balaban J connectivity index is 1.58. The molecule has 0 radical (unpaired) electrons. The van der Waals surface area contributed by atoms with Crippen molar-refractivity contribution in [1.82, 2.24) is 24.6 Å². The van der Waals surface area contributed by atoms with E-state index < -0.39 is 0 Å². The van der Waals surface area contributed by atoms with Gasteiger partial charge in [-0.25, -0.2) is 14.5 Å². The summed E-state index contributed by atoms with van der Waals surface area (Å²) in [7, 11) is 0. The Morgan fingerprint density at radius 3 is 2.85 bits per heavy atom. The van der Waals surface area contributed by atoms with Crippen molar-refractivity contribution in [1.29, 1.82) is 0 Å². The molecule has 0 fully saturated rings. The minimum Gasteiger partial charge on any atom is -0.295 e. The van der Waals surface area contributed by atoms with Crippen LogP contribution in [0.1, 0.15) is 47.3 Å². The first-order chi connectivity index (χ1) is 13.0. The largest absolute Gasteiger partial charge is 0.297 e. The molecule has 4 rings (SSSR count). The highest BCUT2D eigenvalue weighted by atomic mass is 32.1. The first kappa shape index (κ1) is 17.5. The molecular formula is C19H20N6OS. The number of hydrogen-bond donors (Lipinski definition) is 1. The smallest absolute Gasteiger partial charge is 0.295 e. The summed E-state index contributed by atoms with van der Waals surface area (Å²) < 4.78 is 2.63. The van der Waals surface area contributed by atoms with E-state index in [0.29, 0.717) is 10.9 Å². The lowest BCUT2D eigenvalue weighted by molar-refractivity contribution is 0.101. The molecule has 4 aromatic rings. The van der Waals surface area contributed by atoms with Crippen molar-refractivity contribution in [3.8, 4) is 0 Å². The summed E-state index contributed by atoms with van der Waals surface area (Å²) in [5, 5.41) is 7.61. The molecule has 27 heavy (non-hydrogen) atoms. The molecule has 0 bridgehead atoms. The monoisotopic (exact) mass is 380 g/mol. The second kappa shape index (κ2) is 7.03. The third-order valence-electron chi connectivity index (χ3n) is 4.31. The van der Waals surface area contributed by atoms with Crippen molar-refractivity contribution >= 4 is 38.4 Å². The van der Waals surface area contributed by atoms with E-state index >= 15 is 0 Å². The van der Waals surface area contributed by atoms with Crippen LogP contribution in [-0.4, -0.2) is 30.5 Å². The number of nitrogens with one attached hydrogen (secondary N) is 1. The summed E-state index contributed by atoms with van der Waals surface area (Å²) in [5.41, 5.74) is 3.89. The Morgan fingerprint density at radius 2 is 2.04 bits per heavy atom. The van der Waals surface area contributed by atoms with Gasteiger partial charge in [0.15, 0.2) is 5.13 Å². The Bertz CT molecular complexity index is 1150. The lowest BCUT2D eigenvalue weighted by atomic mass is 10.1. The van der Waals surface area contributed by atoms with Crippen molar-refractivity contribution in [2.75, 3.05) is 5.32 Å². The van der Waals surface area contributed by atoms with Crippen molar-refractivity contribution in [3.63, 3.8) is 0 Å². The second-order valence-corrected chi connectivity index (χ2v) is 7.60. The summed E-state index contributed by atoms with van der Waals surface area (Å²) in [6, 6.07) is 8.15. The molecule has 0 atom stereocenters. The molecule has 0 saturated carbocycles. The summed E-state index contributed by atoms with van der Waals surface area (Å²) in [5.74, 6) is 0.115. The van der Waals surface area contributed by atoms with E-state index in [-0.39, 0.29) is 11.7 Å². The predicted molar refractivity (Wildman–Crippen MR) is 106 cm³/mol. The van der Waals surface area contributed by atoms with Gasteiger partial charge >= 0.3 is 0 Å². The Hall–Kier alpha value is -2.87. The number of aromatic nitrogens is 5. The van der Waals surface area contributed by atoms with Crippen LogP contribution in [0.25, 0.3) is 16.0 Å². The number of carbonyl (C=O) groups is 1. The Labute approximate surface area is 160 Å². The summed E-state index contributed by atoms with van der Waals surface area (Å²) >= 11 is 1.46. The number of anilines is 1. The van der Waals surface area contributed by atoms with Crippen LogP contribution >= 0.6 is 11.3 Å². The standard InChI is InChI=1S/C19H20N6OS/c1-4-5-6-13-7-8-14-15(10-13)27-19(21-14)23-17(26)16-22-18-20-11(2)9-12(3)25(18)24-16/h7-10H,4-6H2,1-3H3,(H,21,23,26). The number of thiazole rings is 1. The van der Waals surface area contributed by atoms with Crippen molar-refractivity contribution < 1.29 is 4.79 Å². The van der Waals surface area contributed by atoms with Gasteiger partial charge in [-0.15, -0.1) is 5.10 Å². The molecular weight excluding hydrogens is 360 g/mol. The molecule has 0 aliphatic carbocycles. The lowest BCUT2D eigenvalue weighted by Gasteiger charge is -1.98. The molecule has 1 amide bonds. The van der Waals surface area contributed by atoms with E-state index in [1.165, 1.54) is 29.7 Å². The van der Waals surface area contributed by atoms with Crippen LogP contribution < -0.4 is 5.32 Å². The predicted octanol–water partition coefficient (Wildman–Crippen LogP) is 3.95. The molecule has 0 aliphatic heterocycles. The number of carbonyl (C=O) groups excluding carboxylic acids is 1. The van der Waals surface area contributed by atoms with Gasteiger partial charge in [0.1, 0.15) is 0 Å². The topological polar surface area (TPSA) is 85.1 Å². The second-order valence-electron chi connectivity index (χ2n) is 6.56. The van der Waals surface area contributed by atoms with Crippen LogP contribution in [0.3, 0.4) is 0 Å². The van der Waals surface area contributed by atoms with Gasteiger partial charge in [0.2, 0.25) is 5.82 Å². The van der Waals surface area contributed by atoms with Crippen LogP contribution in [0.5, 0.6) is 0 Å². The van der Waals surface area contributed by atoms with Gasteiger partial charge in [0.25, 0.3) is 11.7 Å². The van der Waals surface area contributed by atoms with E-state index in [0.717, 1.165) is 28.0 Å². The maximum absolute atomic E-state index is 12.6. The minimum absolute atomic E-state index is 0.0825. The van der Waals surface area contributed by atoms with E-state index in [9.17, 15) is 4.79 Å². The molecule has 3 heterocycles.